The fraction of sp³-hybridized carbons (Fsp3) is 0.0952. The number of pyridine rings is 2. The Morgan fingerprint density at radius 3 is 1.79 bits per heavy atom. The van der Waals surface area contributed by atoms with E-state index in [4.69, 9.17) is 0 Å². The van der Waals surface area contributed by atoms with Crippen LogP contribution in [-0.4, -0.2) is 19.1 Å². The second kappa shape index (κ2) is 5.99. The first-order valence-electron chi connectivity index (χ1n) is 8.85. The topological polar surface area (TPSA) is 67.2 Å². The Labute approximate surface area is 161 Å². The summed E-state index contributed by atoms with van der Waals surface area (Å²) in [5, 5.41) is 9.61. The van der Waals surface area contributed by atoms with Crippen LogP contribution in [0.1, 0.15) is 5.56 Å². The highest BCUT2D eigenvalue weighted by molar-refractivity contribution is 5.72. The number of hydrogen-bond donors (Lipinski definition) is 0. The van der Waals surface area contributed by atoms with Crippen LogP contribution in [0, 0.1) is 11.3 Å². The van der Waals surface area contributed by atoms with Gasteiger partial charge in [0.15, 0.2) is 11.0 Å². The molecular formula is C21H17N7+2. The van der Waals surface area contributed by atoms with E-state index in [0.29, 0.717) is 5.56 Å². The van der Waals surface area contributed by atoms with E-state index in [1.54, 1.807) is 12.4 Å². The number of rotatable bonds is 2. The standard InChI is InChI=1S/C21H17N7/c1-25-13-27(20-18(25)5-3-7-23-20)16-9-15(12-22)10-17(11-16)28-14-26(2)19-6-4-8-24-21(19)28/h3-11,13-14H,1-2H3/q+2. The van der Waals surface area contributed by atoms with Crippen LogP contribution in [0.15, 0.2) is 67.5 Å². The van der Waals surface area contributed by atoms with Gasteiger partial charge < -0.3 is 0 Å². The number of aryl methyl sites for hydroxylation is 2. The molecule has 4 aromatic heterocycles. The summed E-state index contributed by atoms with van der Waals surface area (Å²) in [4.78, 5) is 9.05. The summed E-state index contributed by atoms with van der Waals surface area (Å²) in [6, 6.07) is 16.0. The van der Waals surface area contributed by atoms with Gasteiger partial charge in [0, 0.05) is 30.6 Å². The molecule has 0 amide bonds. The summed E-state index contributed by atoms with van der Waals surface area (Å²) >= 11 is 0. The molecule has 0 unspecified atom stereocenters. The number of nitrogens with zero attached hydrogens (tertiary/aromatic N) is 7. The summed E-state index contributed by atoms with van der Waals surface area (Å²) in [6.45, 7) is 0. The minimum atomic E-state index is 0.577. The van der Waals surface area contributed by atoms with Gasteiger partial charge in [-0.15, -0.1) is 0 Å². The first-order chi connectivity index (χ1) is 13.7. The van der Waals surface area contributed by atoms with Crippen LogP contribution in [0.4, 0.5) is 0 Å². The summed E-state index contributed by atoms with van der Waals surface area (Å²) in [6.07, 6.45) is 7.50. The van der Waals surface area contributed by atoms with Crippen LogP contribution in [0.3, 0.4) is 0 Å². The van der Waals surface area contributed by atoms with Crippen molar-refractivity contribution in [2.24, 2.45) is 14.1 Å². The fourth-order valence-electron chi connectivity index (χ4n) is 3.59. The molecule has 0 saturated heterocycles. The molecule has 0 bridgehead atoms. The molecule has 7 heteroatoms. The second-order valence-electron chi connectivity index (χ2n) is 6.73. The van der Waals surface area contributed by atoms with Crippen molar-refractivity contribution >= 4 is 22.3 Å². The molecule has 134 valence electrons. The average molecular weight is 367 g/mol. The summed E-state index contributed by atoms with van der Waals surface area (Å²) < 4.78 is 8.04. The van der Waals surface area contributed by atoms with Crippen molar-refractivity contribution in [1.29, 1.82) is 5.26 Å². The highest BCUT2D eigenvalue weighted by atomic mass is 15.2. The van der Waals surface area contributed by atoms with Gasteiger partial charge in [0.25, 0.3) is 23.9 Å². The minimum absolute atomic E-state index is 0.577. The molecule has 0 saturated carbocycles. The lowest BCUT2D eigenvalue weighted by Gasteiger charge is -2.02. The van der Waals surface area contributed by atoms with E-state index in [0.717, 1.165) is 33.7 Å². The third-order valence-electron chi connectivity index (χ3n) is 4.91. The number of benzene rings is 1. The lowest BCUT2D eigenvalue weighted by Crippen LogP contribution is -2.25. The van der Waals surface area contributed by atoms with E-state index in [-0.39, 0.29) is 0 Å². The van der Waals surface area contributed by atoms with Crippen molar-refractivity contribution in [3.05, 3.63) is 73.1 Å². The molecule has 0 spiro atoms. The molecule has 0 radical (unpaired) electrons. The number of fused-ring (bicyclic) bond motifs is 2. The molecule has 28 heavy (non-hydrogen) atoms. The molecule has 5 rings (SSSR count). The molecule has 7 nitrogen and oxygen atoms in total. The number of aromatic nitrogens is 6. The molecule has 0 atom stereocenters. The zero-order valence-electron chi connectivity index (χ0n) is 15.5. The first-order valence-corrected chi connectivity index (χ1v) is 8.85. The van der Waals surface area contributed by atoms with Gasteiger partial charge in [0.05, 0.1) is 25.7 Å². The largest absolute Gasteiger partial charge is 0.273 e. The van der Waals surface area contributed by atoms with Gasteiger partial charge in [0.1, 0.15) is 11.4 Å². The van der Waals surface area contributed by atoms with Crippen LogP contribution in [0.2, 0.25) is 0 Å². The predicted molar refractivity (Wildman–Crippen MR) is 103 cm³/mol. The molecule has 1 aromatic carbocycles. The van der Waals surface area contributed by atoms with Gasteiger partial charge in [-0.05, 0) is 24.3 Å². The maximum absolute atomic E-state index is 9.61. The normalized spacial score (nSPS) is 11.2. The van der Waals surface area contributed by atoms with Crippen LogP contribution in [-0.2, 0) is 14.1 Å². The Morgan fingerprint density at radius 1 is 0.821 bits per heavy atom. The highest BCUT2D eigenvalue weighted by Crippen LogP contribution is 2.22. The third kappa shape index (κ3) is 2.36. The Morgan fingerprint density at radius 2 is 1.32 bits per heavy atom. The van der Waals surface area contributed by atoms with Crippen molar-refractivity contribution in [1.82, 2.24) is 19.1 Å². The molecule has 0 aliphatic carbocycles. The van der Waals surface area contributed by atoms with E-state index in [1.165, 1.54) is 0 Å². The van der Waals surface area contributed by atoms with E-state index < -0.39 is 0 Å². The maximum atomic E-state index is 9.61. The van der Waals surface area contributed by atoms with Crippen molar-refractivity contribution < 1.29 is 9.13 Å². The Hall–Kier alpha value is -4.05. The Bertz CT molecular complexity index is 1300. The molecule has 0 fully saturated rings. The average Bonchev–Trinajstić information content (AvgIpc) is 3.26. The SMILES string of the molecule is C[n+]1cn(-c2cc(C#N)cc(-n3c[n+](C)c4cccnc43)c2)c2ncccc21. The maximum Gasteiger partial charge on any atom is 0.273 e. The summed E-state index contributed by atoms with van der Waals surface area (Å²) in [5.74, 6) is 0. The number of nitriles is 1. The predicted octanol–water partition coefficient (Wildman–Crippen LogP) is 1.89. The zero-order chi connectivity index (χ0) is 19.3. The lowest BCUT2D eigenvalue weighted by atomic mass is 10.2. The molecular weight excluding hydrogens is 350 g/mol. The van der Waals surface area contributed by atoms with Crippen LogP contribution in [0.5, 0.6) is 0 Å². The third-order valence-corrected chi connectivity index (χ3v) is 4.91. The van der Waals surface area contributed by atoms with E-state index in [1.807, 2.05) is 87.5 Å². The zero-order valence-corrected chi connectivity index (χ0v) is 15.5. The first kappa shape index (κ1) is 16.1. The van der Waals surface area contributed by atoms with Crippen molar-refractivity contribution in [2.45, 2.75) is 0 Å². The van der Waals surface area contributed by atoms with E-state index in [2.05, 4.69) is 16.0 Å². The van der Waals surface area contributed by atoms with Crippen LogP contribution < -0.4 is 9.13 Å². The van der Waals surface area contributed by atoms with Gasteiger partial charge in [-0.25, -0.2) is 19.1 Å². The molecule has 5 aromatic rings. The summed E-state index contributed by atoms with van der Waals surface area (Å²) in [5.41, 5.74) is 6.04. The monoisotopic (exact) mass is 367 g/mol. The van der Waals surface area contributed by atoms with Crippen molar-refractivity contribution in [3.8, 4) is 17.4 Å². The quantitative estimate of drug-likeness (QED) is 0.448. The van der Waals surface area contributed by atoms with Gasteiger partial charge in [-0.1, -0.05) is 0 Å². The second-order valence-corrected chi connectivity index (χ2v) is 6.73. The van der Waals surface area contributed by atoms with E-state index >= 15 is 0 Å². The van der Waals surface area contributed by atoms with Gasteiger partial charge >= 0.3 is 0 Å². The van der Waals surface area contributed by atoms with Crippen molar-refractivity contribution in [2.75, 3.05) is 0 Å². The van der Waals surface area contributed by atoms with Gasteiger partial charge in [-0.3, -0.25) is 0 Å². The lowest BCUT2D eigenvalue weighted by molar-refractivity contribution is -0.645. The van der Waals surface area contributed by atoms with E-state index in [9.17, 15) is 5.26 Å². The van der Waals surface area contributed by atoms with Gasteiger partial charge in [0.2, 0.25) is 0 Å². The number of hydrogen-bond acceptors (Lipinski definition) is 3. The Kier molecular flexibility index (Phi) is 3.46. The fourth-order valence-corrected chi connectivity index (χ4v) is 3.59. The molecule has 0 aliphatic rings. The smallest absolute Gasteiger partial charge is 0.231 e. The van der Waals surface area contributed by atoms with Crippen molar-refractivity contribution in [3.63, 3.8) is 0 Å². The van der Waals surface area contributed by atoms with Crippen LogP contribution in [0.25, 0.3) is 33.7 Å². The van der Waals surface area contributed by atoms with Crippen LogP contribution >= 0.6 is 0 Å². The number of imidazole rings is 2. The highest BCUT2D eigenvalue weighted by Gasteiger charge is 2.21. The Balaban J connectivity index is 1.79. The molecule has 0 aliphatic heterocycles. The molecule has 4 heterocycles. The summed E-state index contributed by atoms with van der Waals surface area (Å²) in [7, 11) is 3.97. The van der Waals surface area contributed by atoms with Gasteiger partial charge in [-0.2, -0.15) is 14.4 Å². The minimum Gasteiger partial charge on any atom is -0.231 e. The molecule has 0 N–H and O–H groups in total.